The molecular formula is C22H21N3O4. The van der Waals surface area contributed by atoms with Crippen LogP contribution in [-0.2, 0) is 20.8 Å². The molecule has 0 radical (unpaired) electrons. The first-order chi connectivity index (χ1) is 14.0. The molecule has 7 nitrogen and oxygen atoms in total. The van der Waals surface area contributed by atoms with Gasteiger partial charge in [-0.15, -0.1) is 0 Å². The van der Waals surface area contributed by atoms with Crippen molar-refractivity contribution in [2.75, 3.05) is 23.3 Å². The zero-order chi connectivity index (χ0) is 20.4. The standard InChI is InChI=1S/C22H21N3O4/c26-19(14-25-20(27)10-11-21(25)28)23-17-8-9-18-16(13-17)7-4-12-24(18)22(29)15-5-2-1-3-6-15/h1-3,5-6,8-9,13H,4,7,10-12,14H2,(H,23,26). The van der Waals surface area contributed by atoms with E-state index >= 15 is 0 Å². The fourth-order valence-corrected chi connectivity index (χ4v) is 3.77. The average Bonchev–Trinajstić information content (AvgIpc) is 3.05. The van der Waals surface area contributed by atoms with Crippen molar-refractivity contribution in [1.82, 2.24) is 4.90 Å². The van der Waals surface area contributed by atoms with Crippen molar-refractivity contribution in [1.29, 1.82) is 0 Å². The van der Waals surface area contributed by atoms with E-state index in [1.807, 2.05) is 30.3 Å². The Balaban J connectivity index is 1.48. The van der Waals surface area contributed by atoms with Crippen molar-refractivity contribution in [2.45, 2.75) is 25.7 Å². The minimum absolute atomic E-state index is 0.0469. The minimum atomic E-state index is -0.415. The molecule has 1 fully saturated rings. The molecule has 4 amide bonds. The Morgan fingerprint density at radius 1 is 0.931 bits per heavy atom. The van der Waals surface area contributed by atoms with Gasteiger partial charge in [0.15, 0.2) is 0 Å². The maximum absolute atomic E-state index is 12.9. The number of hydrogen-bond donors (Lipinski definition) is 1. The highest BCUT2D eigenvalue weighted by Gasteiger charge is 2.30. The van der Waals surface area contributed by atoms with E-state index in [1.165, 1.54) is 0 Å². The molecule has 1 saturated heterocycles. The van der Waals surface area contributed by atoms with Gasteiger partial charge in [0.05, 0.1) is 0 Å². The van der Waals surface area contributed by atoms with E-state index in [-0.39, 0.29) is 37.1 Å². The van der Waals surface area contributed by atoms with Gasteiger partial charge in [0.2, 0.25) is 17.7 Å². The van der Waals surface area contributed by atoms with Crippen LogP contribution >= 0.6 is 0 Å². The Morgan fingerprint density at radius 3 is 2.38 bits per heavy atom. The number of likely N-dealkylation sites (tertiary alicyclic amines) is 1. The minimum Gasteiger partial charge on any atom is -0.325 e. The lowest BCUT2D eigenvalue weighted by Crippen LogP contribution is -2.37. The molecule has 4 rings (SSSR count). The van der Waals surface area contributed by atoms with Gasteiger partial charge in [0.1, 0.15) is 6.54 Å². The summed E-state index contributed by atoms with van der Waals surface area (Å²) in [6.45, 7) is 0.374. The number of aryl methyl sites for hydroxylation is 1. The summed E-state index contributed by atoms with van der Waals surface area (Å²) >= 11 is 0. The zero-order valence-corrected chi connectivity index (χ0v) is 15.9. The van der Waals surface area contributed by atoms with Gasteiger partial charge in [-0.25, -0.2) is 0 Å². The van der Waals surface area contributed by atoms with Crippen LogP contribution in [0.3, 0.4) is 0 Å². The highest BCUT2D eigenvalue weighted by atomic mass is 16.2. The molecule has 0 spiro atoms. The first-order valence-electron chi connectivity index (χ1n) is 9.66. The van der Waals surface area contributed by atoms with Crippen molar-refractivity contribution in [3.8, 4) is 0 Å². The molecule has 2 aliphatic rings. The van der Waals surface area contributed by atoms with Crippen molar-refractivity contribution in [3.63, 3.8) is 0 Å². The Hall–Kier alpha value is -3.48. The molecule has 2 heterocycles. The molecule has 0 atom stereocenters. The number of carbonyl (C=O) groups excluding carboxylic acids is 4. The number of rotatable bonds is 4. The third-order valence-electron chi connectivity index (χ3n) is 5.20. The van der Waals surface area contributed by atoms with Crippen molar-refractivity contribution >= 4 is 35.0 Å². The van der Waals surface area contributed by atoms with E-state index < -0.39 is 5.91 Å². The van der Waals surface area contributed by atoms with Gasteiger partial charge in [-0.1, -0.05) is 18.2 Å². The number of imide groups is 1. The first-order valence-corrected chi connectivity index (χ1v) is 9.66. The Bertz CT molecular complexity index is 971. The lowest BCUT2D eigenvalue weighted by atomic mass is 10.00. The molecule has 2 aromatic carbocycles. The highest BCUT2D eigenvalue weighted by molar-refractivity contribution is 6.08. The summed E-state index contributed by atoms with van der Waals surface area (Å²) in [7, 11) is 0. The SMILES string of the molecule is O=C(CN1C(=O)CCC1=O)Nc1ccc2c(c1)CCCN2C(=O)c1ccccc1. The lowest BCUT2D eigenvalue weighted by Gasteiger charge is -2.30. The second-order valence-corrected chi connectivity index (χ2v) is 7.19. The van der Waals surface area contributed by atoms with Crippen LogP contribution in [0.25, 0.3) is 0 Å². The molecule has 0 aliphatic carbocycles. The quantitative estimate of drug-likeness (QED) is 0.811. The van der Waals surface area contributed by atoms with Gasteiger partial charge in [-0.3, -0.25) is 24.1 Å². The first kappa shape index (κ1) is 18.9. The molecule has 0 saturated carbocycles. The molecule has 148 valence electrons. The molecule has 29 heavy (non-hydrogen) atoms. The third kappa shape index (κ3) is 3.89. The Morgan fingerprint density at radius 2 is 1.66 bits per heavy atom. The van der Waals surface area contributed by atoms with Gasteiger partial charge < -0.3 is 10.2 Å². The van der Waals surface area contributed by atoms with Gasteiger partial charge >= 0.3 is 0 Å². The molecule has 2 aliphatic heterocycles. The number of nitrogens with one attached hydrogen (secondary N) is 1. The van der Waals surface area contributed by atoms with E-state index in [1.54, 1.807) is 23.1 Å². The topological polar surface area (TPSA) is 86.8 Å². The number of nitrogens with zero attached hydrogens (tertiary/aromatic N) is 2. The Labute approximate surface area is 168 Å². The van der Waals surface area contributed by atoms with Crippen LogP contribution < -0.4 is 10.2 Å². The smallest absolute Gasteiger partial charge is 0.258 e. The van der Waals surface area contributed by atoms with E-state index in [4.69, 9.17) is 0 Å². The Kier molecular flexibility index (Phi) is 5.12. The maximum atomic E-state index is 12.9. The van der Waals surface area contributed by atoms with Gasteiger partial charge in [0.25, 0.3) is 5.91 Å². The predicted octanol–water partition coefficient (Wildman–Crippen LogP) is 2.37. The number of fused-ring (bicyclic) bond motifs is 1. The molecular weight excluding hydrogens is 370 g/mol. The van der Waals surface area contributed by atoms with Crippen molar-refractivity contribution < 1.29 is 19.2 Å². The molecule has 1 N–H and O–H groups in total. The van der Waals surface area contributed by atoms with Crippen molar-refractivity contribution in [3.05, 3.63) is 59.7 Å². The number of carbonyl (C=O) groups is 4. The number of amides is 4. The molecule has 7 heteroatoms. The third-order valence-corrected chi connectivity index (χ3v) is 5.20. The molecule has 0 bridgehead atoms. The lowest BCUT2D eigenvalue weighted by molar-refractivity contribution is -0.141. The van der Waals surface area contributed by atoms with E-state index in [9.17, 15) is 19.2 Å². The monoisotopic (exact) mass is 391 g/mol. The van der Waals surface area contributed by atoms with Crippen LogP contribution in [0.1, 0.15) is 35.2 Å². The summed E-state index contributed by atoms with van der Waals surface area (Å²) in [5.74, 6) is -1.09. The molecule has 2 aromatic rings. The number of benzene rings is 2. The largest absolute Gasteiger partial charge is 0.325 e. The van der Waals surface area contributed by atoms with Gasteiger partial charge in [-0.2, -0.15) is 0 Å². The zero-order valence-electron chi connectivity index (χ0n) is 15.9. The highest BCUT2D eigenvalue weighted by Crippen LogP contribution is 2.31. The van der Waals surface area contributed by atoms with Crippen LogP contribution in [0.4, 0.5) is 11.4 Å². The molecule has 0 unspecified atom stereocenters. The van der Waals surface area contributed by atoms with Crippen molar-refractivity contribution in [2.24, 2.45) is 0 Å². The van der Waals surface area contributed by atoms with Gasteiger partial charge in [-0.05, 0) is 48.7 Å². The summed E-state index contributed by atoms with van der Waals surface area (Å²) in [6.07, 6.45) is 1.97. The summed E-state index contributed by atoms with van der Waals surface area (Å²) in [6, 6.07) is 14.6. The average molecular weight is 391 g/mol. The van der Waals surface area contributed by atoms with E-state index in [0.29, 0.717) is 17.8 Å². The summed E-state index contributed by atoms with van der Waals surface area (Å²) in [5.41, 5.74) is 3.04. The van der Waals surface area contributed by atoms with E-state index in [2.05, 4.69) is 5.32 Å². The fourth-order valence-electron chi connectivity index (χ4n) is 3.77. The van der Waals surface area contributed by atoms with Crippen LogP contribution in [0.15, 0.2) is 48.5 Å². The predicted molar refractivity (Wildman–Crippen MR) is 107 cm³/mol. The van der Waals surface area contributed by atoms with Crippen LogP contribution in [0.5, 0.6) is 0 Å². The van der Waals surface area contributed by atoms with Crippen LogP contribution in [0.2, 0.25) is 0 Å². The van der Waals surface area contributed by atoms with Gasteiger partial charge in [0, 0.05) is 36.3 Å². The van der Waals surface area contributed by atoms with E-state index in [0.717, 1.165) is 29.0 Å². The maximum Gasteiger partial charge on any atom is 0.258 e. The molecule has 0 aromatic heterocycles. The second-order valence-electron chi connectivity index (χ2n) is 7.19. The number of anilines is 2. The summed E-state index contributed by atoms with van der Waals surface area (Å²) in [4.78, 5) is 51.2. The van der Waals surface area contributed by atoms with Crippen LogP contribution in [-0.4, -0.2) is 41.6 Å². The fraction of sp³-hybridized carbons (Fsp3) is 0.273. The second kappa shape index (κ2) is 7.87. The normalized spacial score (nSPS) is 16.0. The number of hydrogen-bond acceptors (Lipinski definition) is 4. The summed E-state index contributed by atoms with van der Waals surface area (Å²) < 4.78 is 0. The van der Waals surface area contributed by atoms with Crippen LogP contribution in [0, 0.1) is 0 Å². The summed E-state index contributed by atoms with van der Waals surface area (Å²) in [5, 5.41) is 2.75.